The van der Waals surface area contributed by atoms with Crippen LogP contribution in [0.2, 0.25) is 0 Å². The van der Waals surface area contributed by atoms with Crippen molar-refractivity contribution in [3.63, 3.8) is 0 Å². The zero-order valence-corrected chi connectivity index (χ0v) is 10.6. The molecule has 0 amide bonds. The first kappa shape index (κ1) is 13.0. The minimum Gasteiger partial charge on any atom is -0.477 e. The van der Waals surface area contributed by atoms with Gasteiger partial charge in [0.25, 0.3) is 5.69 Å². The van der Waals surface area contributed by atoms with Gasteiger partial charge in [0, 0.05) is 6.07 Å². The van der Waals surface area contributed by atoms with E-state index in [2.05, 4.69) is 4.98 Å². The van der Waals surface area contributed by atoms with Gasteiger partial charge >= 0.3 is 0 Å². The second-order valence-electron chi connectivity index (χ2n) is 4.02. The largest absolute Gasteiger partial charge is 0.477 e. The molecule has 0 atom stereocenters. The summed E-state index contributed by atoms with van der Waals surface area (Å²) in [6, 6.07) is 10.9. The zero-order valence-electron chi connectivity index (χ0n) is 10.6. The first-order chi connectivity index (χ1) is 9.22. The predicted molar refractivity (Wildman–Crippen MR) is 72.1 cm³/mol. The van der Waals surface area contributed by atoms with Gasteiger partial charge in [0.15, 0.2) is 0 Å². The van der Waals surface area contributed by atoms with Crippen LogP contribution in [-0.2, 0) is 0 Å². The van der Waals surface area contributed by atoms with Crippen molar-refractivity contribution < 1.29 is 9.66 Å². The van der Waals surface area contributed by atoms with Gasteiger partial charge in [-0.15, -0.1) is 0 Å². The van der Waals surface area contributed by atoms with Crippen molar-refractivity contribution in [3.8, 4) is 17.0 Å². The Morgan fingerprint density at radius 1 is 1.32 bits per heavy atom. The summed E-state index contributed by atoms with van der Waals surface area (Å²) in [5.74, 6) is 0.429. The number of benzene rings is 1. The minimum absolute atomic E-state index is 0.0392. The third kappa shape index (κ3) is 3.07. The number of aromatic nitrogens is 1. The molecule has 0 fully saturated rings. The van der Waals surface area contributed by atoms with Gasteiger partial charge in [-0.2, -0.15) is 0 Å². The Morgan fingerprint density at radius 2 is 2.05 bits per heavy atom. The molecule has 0 saturated carbocycles. The SMILES string of the molecule is CCCOc1ncc([N+](=O)[O-])cc1-c1ccccc1. The Labute approximate surface area is 111 Å². The van der Waals surface area contributed by atoms with Crippen molar-refractivity contribution in [1.29, 1.82) is 0 Å². The summed E-state index contributed by atoms with van der Waals surface area (Å²) < 4.78 is 5.54. The third-order valence-corrected chi connectivity index (χ3v) is 2.58. The molecule has 0 aliphatic heterocycles. The molecule has 5 heteroatoms. The summed E-state index contributed by atoms with van der Waals surface area (Å²) >= 11 is 0. The average molecular weight is 258 g/mol. The lowest BCUT2D eigenvalue weighted by Crippen LogP contribution is -2.00. The van der Waals surface area contributed by atoms with E-state index in [-0.39, 0.29) is 5.69 Å². The van der Waals surface area contributed by atoms with Crippen LogP contribution in [-0.4, -0.2) is 16.5 Å². The van der Waals surface area contributed by atoms with Crippen molar-refractivity contribution in [3.05, 3.63) is 52.7 Å². The summed E-state index contributed by atoms with van der Waals surface area (Å²) in [7, 11) is 0. The lowest BCUT2D eigenvalue weighted by molar-refractivity contribution is -0.385. The fourth-order valence-electron chi connectivity index (χ4n) is 1.68. The molecule has 1 aromatic heterocycles. The van der Waals surface area contributed by atoms with Crippen molar-refractivity contribution in [2.75, 3.05) is 6.61 Å². The van der Waals surface area contributed by atoms with E-state index < -0.39 is 4.92 Å². The molecular weight excluding hydrogens is 244 g/mol. The highest BCUT2D eigenvalue weighted by molar-refractivity contribution is 5.70. The highest BCUT2D eigenvalue weighted by Crippen LogP contribution is 2.31. The Kier molecular flexibility index (Phi) is 4.07. The molecule has 0 spiro atoms. The monoisotopic (exact) mass is 258 g/mol. The van der Waals surface area contributed by atoms with Gasteiger partial charge in [0.1, 0.15) is 6.20 Å². The van der Waals surface area contributed by atoms with Crippen molar-refractivity contribution in [2.24, 2.45) is 0 Å². The molecular formula is C14H14N2O3. The van der Waals surface area contributed by atoms with Crippen molar-refractivity contribution in [1.82, 2.24) is 4.98 Å². The highest BCUT2D eigenvalue weighted by atomic mass is 16.6. The Bertz CT molecular complexity index is 570. The third-order valence-electron chi connectivity index (χ3n) is 2.58. The van der Waals surface area contributed by atoms with E-state index in [0.29, 0.717) is 18.1 Å². The molecule has 0 aliphatic rings. The number of pyridine rings is 1. The van der Waals surface area contributed by atoms with E-state index >= 15 is 0 Å². The first-order valence-electron chi connectivity index (χ1n) is 6.05. The second-order valence-corrected chi connectivity index (χ2v) is 4.02. The molecule has 0 bridgehead atoms. The van der Waals surface area contributed by atoms with Gasteiger partial charge in [0.05, 0.1) is 17.1 Å². The van der Waals surface area contributed by atoms with E-state index in [1.165, 1.54) is 12.3 Å². The molecule has 0 unspecified atom stereocenters. The molecule has 19 heavy (non-hydrogen) atoms. The fourth-order valence-corrected chi connectivity index (χ4v) is 1.68. The van der Waals surface area contributed by atoms with Gasteiger partial charge in [-0.1, -0.05) is 37.3 Å². The standard InChI is InChI=1S/C14H14N2O3/c1-2-8-19-14-13(11-6-4-3-5-7-11)9-12(10-15-14)16(17)18/h3-7,9-10H,2,8H2,1H3. The number of nitrogens with zero attached hydrogens (tertiary/aromatic N) is 2. The summed E-state index contributed by atoms with van der Waals surface area (Å²) in [4.78, 5) is 14.4. The summed E-state index contributed by atoms with van der Waals surface area (Å²) in [5, 5.41) is 10.8. The number of hydrogen-bond acceptors (Lipinski definition) is 4. The molecule has 0 radical (unpaired) electrons. The van der Waals surface area contributed by atoms with Crippen LogP contribution in [0.5, 0.6) is 5.88 Å². The van der Waals surface area contributed by atoms with Gasteiger partial charge in [-0.05, 0) is 12.0 Å². The lowest BCUT2D eigenvalue weighted by Gasteiger charge is -2.09. The predicted octanol–water partition coefficient (Wildman–Crippen LogP) is 3.45. The number of nitro groups is 1. The van der Waals surface area contributed by atoms with Crippen LogP contribution in [0.15, 0.2) is 42.6 Å². The topological polar surface area (TPSA) is 65.3 Å². The minimum atomic E-state index is -0.455. The zero-order chi connectivity index (χ0) is 13.7. The van der Waals surface area contributed by atoms with Crippen LogP contribution >= 0.6 is 0 Å². The molecule has 0 N–H and O–H groups in total. The molecule has 0 saturated heterocycles. The smallest absolute Gasteiger partial charge is 0.288 e. The van der Waals surface area contributed by atoms with Crippen LogP contribution in [0.1, 0.15) is 13.3 Å². The molecule has 1 aromatic carbocycles. The first-order valence-corrected chi connectivity index (χ1v) is 6.05. The van der Waals surface area contributed by atoms with Crippen LogP contribution in [0.3, 0.4) is 0 Å². The molecule has 2 aromatic rings. The van der Waals surface area contributed by atoms with E-state index in [1.807, 2.05) is 37.3 Å². The van der Waals surface area contributed by atoms with Crippen LogP contribution in [0, 0.1) is 10.1 Å². The Hall–Kier alpha value is -2.43. The van der Waals surface area contributed by atoms with Crippen LogP contribution in [0.25, 0.3) is 11.1 Å². The van der Waals surface area contributed by atoms with E-state index in [1.54, 1.807) is 0 Å². The fraction of sp³-hybridized carbons (Fsp3) is 0.214. The van der Waals surface area contributed by atoms with E-state index in [9.17, 15) is 10.1 Å². The van der Waals surface area contributed by atoms with Gasteiger partial charge < -0.3 is 4.74 Å². The summed E-state index contributed by atoms with van der Waals surface area (Å²) in [5.41, 5.74) is 1.45. The van der Waals surface area contributed by atoms with Crippen LogP contribution < -0.4 is 4.74 Å². The summed E-state index contributed by atoms with van der Waals surface area (Å²) in [6.07, 6.45) is 2.07. The highest BCUT2D eigenvalue weighted by Gasteiger charge is 2.14. The normalized spacial score (nSPS) is 10.2. The van der Waals surface area contributed by atoms with Crippen LogP contribution in [0.4, 0.5) is 5.69 Å². The molecule has 1 heterocycles. The molecule has 5 nitrogen and oxygen atoms in total. The van der Waals surface area contributed by atoms with Crippen molar-refractivity contribution in [2.45, 2.75) is 13.3 Å². The van der Waals surface area contributed by atoms with Gasteiger partial charge in [0.2, 0.25) is 5.88 Å². The Morgan fingerprint density at radius 3 is 2.68 bits per heavy atom. The van der Waals surface area contributed by atoms with E-state index in [0.717, 1.165) is 12.0 Å². The number of hydrogen-bond donors (Lipinski definition) is 0. The molecule has 0 aliphatic carbocycles. The van der Waals surface area contributed by atoms with Gasteiger partial charge in [-0.3, -0.25) is 10.1 Å². The number of ether oxygens (including phenoxy) is 1. The van der Waals surface area contributed by atoms with Crippen molar-refractivity contribution >= 4 is 5.69 Å². The van der Waals surface area contributed by atoms with Gasteiger partial charge in [-0.25, -0.2) is 4.98 Å². The average Bonchev–Trinajstić information content (AvgIpc) is 2.45. The second kappa shape index (κ2) is 5.95. The summed E-state index contributed by atoms with van der Waals surface area (Å²) in [6.45, 7) is 2.53. The maximum Gasteiger partial charge on any atom is 0.288 e. The number of rotatable bonds is 5. The molecule has 98 valence electrons. The molecule has 2 rings (SSSR count). The quantitative estimate of drug-likeness (QED) is 0.608. The van der Waals surface area contributed by atoms with E-state index in [4.69, 9.17) is 4.74 Å². The lowest BCUT2D eigenvalue weighted by atomic mass is 10.1. The maximum absolute atomic E-state index is 10.8. The Balaban J connectivity index is 2.47. The maximum atomic E-state index is 10.8.